The van der Waals surface area contributed by atoms with Gasteiger partial charge in [-0.2, -0.15) is 0 Å². The average molecular weight is 292 g/mol. The molecule has 1 atom stereocenters. The van der Waals surface area contributed by atoms with E-state index in [1.54, 1.807) is 6.92 Å². The summed E-state index contributed by atoms with van der Waals surface area (Å²) in [5.41, 5.74) is 7.82. The van der Waals surface area contributed by atoms with E-state index in [-0.39, 0.29) is 16.9 Å². The topological polar surface area (TPSA) is 63.4 Å². The first-order valence-electron chi connectivity index (χ1n) is 6.77. The fourth-order valence-corrected chi connectivity index (χ4v) is 3.12. The highest BCUT2D eigenvalue weighted by atomic mass is 32.2. The third-order valence-electron chi connectivity index (χ3n) is 3.42. The molecule has 1 aliphatic rings. The van der Waals surface area contributed by atoms with Gasteiger partial charge >= 0.3 is 0 Å². The van der Waals surface area contributed by atoms with Crippen LogP contribution >= 0.6 is 11.8 Å². The molecule has 0 aliphatic carbocycles. The highest BCUT2D eigenvalue weighted by Gasteiger charge is 2.29. The molecule has 108 valence electrons. The number of rotatable bonds is 5. The lowest BCUT2D eigenvalue weighted by Gasteiger charge is -2.17. The molecule has 1 unspecified atom stereocenters. The lowest BCUT2D eigenvalue weighted by atomic mass is 10.1. The van der Waals surface area contributed by atoms with Gasteiger partial charge in [0.2, 0.25) is 5.91 Å². The Hall–Kier alpha value is -1.33. The van der Waals surface area contributed by atoms with Gasteiger partial charge in [0, 0.05) is 38.7 Å². The maximum Gasteiger partial charge on any atom is 0.223 e. The van der Waals surface area contributed by atoms with Crippen molar-refractivity contribution in [2.75, 3.05) is 12.3 Å². The summed E-state index contributed by atoms with van der Waals surface area (Å²) < 4.78 is 0. The zero-order chi connectivity index (χ0) is 14.5. The van der Waals surface area contributed by atoms with Crippen LogP contribution in [0.2, 0.25) is 0 Å². The molecule has 1 heterocycles. The minimum atomic E-state index is 0.117. The zero-order valence-electron chi connectivity index (χ0n) is 11.7. The maximum absolute atomic E-state index is 12.0. The van der Waals surface area contributed by atoms with Crippen molar-refractivity contribution in [3.05, 3.63) is 35.4 Å². The van der Waals surface area contributed by atoms with Crippen LogP contribution in [0.4, 0.5) is 0 Å². The molecule has 0 bridgehead atoms. The van der Waals surface area contributed by atoms with E-state index in [0.717, 1.165) is 23.4 Å². The zero-order valence-corrected chi connectivity index (χ0v) is 12.5. The molecule has 20 heavy (non-hydrogen) atoms. The Morgan fingerprint density at radius 3 is 2.90 bits per heavy atom. The van der Waals surface area contributed by atoms with E-state index in [1.165, 1.54) is 11.8 Å². The largest absolute Gasteiger partial charge is 0.338 e. The highest BCUT2D eigenvalue weighted by molar-refractivity contribution is 8.13. The summed E-state index contributed by atoms with van der Waals surface area (Å²) in [4.78, 5) is 24.8. The Morgan fingerprint density at radius 2 is 2.20 bits per heavy atom. The predicted octanol–water partition coefficient (Wildman–Crippen LogP) is 1.77. The van der Waals surface area contributed by atoms with Gasteiger partial charge < -0.3 is 10.6 Å². The number of thioether (sulfide) groups is 1. The van der Waals surface area contributed by atoms with E-state index < -0.39 is 0 Å². The molecule has 5 heteroatoms. The SMILES string of the molecule is CC(=O)SCC1CC(=O)N(Cc2cccc(CN)c2)C1. The molecular weight excluding hydrogens is 272 g/mol. The first-order valence-corrected chi connectivity index (χ1v) is 7.76. The molecule has 1 aromatic rings. The minimum absolute atomic E-state index is 0.117. The van der Waals surface area contributed by atoms with Gasteiger partial charge in [-0.25, -0.2) is 0 Å². The van der Waals surface area contributed by atoms with Gasteiger partial charge in [0.05, 0.1) is 0 Å². The Morgan fingerprint density at radius 1 is 1.45 bits per heavy atom. The van der Waals surface area contributed by atoms with Crippen molar-refractivity contribution in [2.24, 2.45) is 11.7 Å². The summed E-state index contributed by atoms with van der Waals surface area (Å²) in [6, 6.07) is 8.03. The van der Waals surface area contributed by atoms with Crippen molar-refractivity contribution >= 4 is 22.8 Å². The van der Waals surface area contributed by atoms with E-state index in [9.17, 15) is 9.59 Å². The summed E-state index contributed by atoms with van der Waals surface area (Å²) in [5.74, 6) is 1.20. The second-order valence-corrected chi connectivity index (χ2v) is 6.37. The van der Waals surface area contributed by atoms with Gasteiger partial charge in [-0.1, -0.05) is 36.0 Å². The number of carbonyl (C=O) groups is 2. The molecule has 1 aromatic carbocycles. The van der Waals surface area contributed by atoms with Crippen LogP contribution in [0.25, 0.3) is 0 Å². The number of hydrogen-bond donors (Lipinski definition) is 1. The smallest absolute Gasteiger partial charge is 0.223 e. The average Bonchev–Trinajstić information content (AvgIpc) is 2.77. The molecular formula is C15H20N2O2S. The number of amides is 1. The fourth-order valence-electron chi connectivity index (χ4n) is 2.43. The number of likely N-dealkylation sites (tertiary alicyclic amines) is 1. The van der Waals surface area contributed by atoms with E-state index in [0.29, 0.717) is 19.5 Å². The number of nitrogens with two attached hydrogens (primary N) is 1. The van der Waals surface area contributed by atoms with Crippen LogP contribution in [0.1, 0.15) is 24.5 Å². The van der Waals surface area contributed by atoms with Gasteiger partial charge in [0.15, 0.2) is 5.12 Å². The Bertz CT molecular complexity index is 504. The first-order chi connectivity index (χ1) is 9.58. The highest BCUT2D eigenvalue weighted by Crippen LogP contribution is 2.24. The van der Waals surface area contributed by atoms with Crippen LogP contribution in [-0.2, 0) is 22.7 Å². The van der Waals surface area contributed by atoms with Gasteiger partial charge in [0.25, 0.3) is 0 Å². The van der Waals surface area contributed by atoms with Crippen molar-refractivity contribution in [3.63, 3.8) is 0 Å². The predicted molar refractivity (Wildman–Crippen MR) is 81.0 cm³/mol. The fraction of sp³-hybridized carbons (Fsp3) is 0.467. The normalized spacial score (nSPS) is 18.6. The third-order valence-corrected chi connectivity index (χ3v) is 4.46. The molecule has 0 radical (unpaired) electrons. The molecule has 0 aromatic heterocycles. The van der Waals surface area contributed by atoms with Crippen LogP contribution in [0.15, 0.2) is 24.3 Å². The van der Waals surface area contributed by atoms with Crippen molar-refractivity contribution in [3.8, 4) is 0 Å². The van der Waals surface area contributed by atoms with E-state index in [2.05, 4.69) is 0 Å². The minimum Gasteiger partial charge on any atom is -0.338 e. The molecule has 2 N–H and O–H groups in total. The molecule has 0 spiro atoms. The summed E-state index contributed by atoms with van der Waals surface area (Å²) >= 11 is 1.31. The Labute approximate surface area is 123 Å². The number of carbonyl (C=O) groups excluding carboxylic acids is 2. The lowest BCUT2D eigenvalue weighted by Crippen LogP contribution is -2.25. The summed E-state index contributed by atoms with van der Waals surface area (Å²) in [5, 5.41) is 0.117. The lowest BCUT2D eigenvalue weighted by molar-refractivity contribution is -0.128. The summed E-state index contributed by atoms with van der Waals surface area (Å²) in [6.45, 7) is 3.46. The van der Waals surface area contributed by atoms with Crippen LogP contribution in [0.5, 0.6) is 0 Å². The van der Waals surface area contributed by atoms with Gasteiger partial charge in [-0.05, 0) is 17.0 Å². The van der Waals surface area contributed by atoms with Crippen LogP contribution in [0, 0.1) is 5.92 Å². The van der Waals surface area contributed by atoms with Crippen molar-refractivity contribution < 1.29 is 9.59 Å². The summed E-state index contributed by atoms with van der Waals surface area (Å²) in [7, 11) is 0. The third kappa shape index (κ3) is 4.08. The molecule has 4 nitrogen and oxygen atoms in total. The molecule has 0 saturated carbocycles. The first kappa shape index (κ1) is 15.1. The second-order valence-electron chi connectivity index (χ2n) is 5.17. The molecule has 2 rings (SSSR count). The Balaban J connectivity index is 1.92. The monoisotopic (exact) mass is 292 g/mol. The van der Waals surface area contributed by atoms with Crippen molar-refractivity contribution in [1.82, 2.24) is 4.90 Å². The van der Waals surface area contributed by atoms with Crippen molar-refractivity contribution in [2.45, 2.75) is 26.4 Å². The van der Waals surface area contributed by atoms with Crippen LogP contribution in [0.3, 0.4) is 0 Å². The van der Waals surface area contributed by atoms with Crippen molar-refractivity contribution in [1.29, 1.82) is 0 Å². The number of benzene rings is 1. The Kier molecular flexibility index (Phi) is 5.20. The van der Waals surface area contributed by atoms with E-state index in [4.69, 9.17) is 5.73 Å². The van der Waals surface area contributed by atoms with Gasteiger partial charge in [0.1, 0.15) is 0 Å². The summed E-state index contributed by atoms with van der Waals surface area (Å²) in [6.07, 6.45) is 0.552. The van der Waals surface area contributed by atoms with Gasteiger partial charge in [-0.3, -0.25) is 9.59 Å². The molecule has 1 saturated heterocycles. The standard InChI is InChI=1S/C15H20N2O2S/c1-11(18)20-10-14-6-15(19)17(9-14)8-13-4-2-3-12(5-13)7-16/h2-5,14H,6-10,16H2,1H3. The molecule has 1 fully saturated rings. The molecule has 1 aliphatic heterocycles. The molecule has 1 amide bonds. The van der Waals surface area contributed by atoms with E-state index >= 15 is 0 Å². The number of hydrogen-bond acceptors (Lipinski definition) is 4. The number of nitrogens with zero attached hydrogens (tertiary/aromatic N) is 1. The quantitative estimate of drug-likeness (QED) is 0.898. The van der Waals surface area contributed by atoms with Crippen LogP contribution in [-0.4, -0.2) is 28.2 Å². The second kappa shape index (κ2) is 6.90. The van der Waals surface area contributed by atoms with Gasteiger partial charge in [-0.15, -0.1) is 0 Å². The maximum atomic E-state index is 12.0. The van der Waals surface area contributed by atoms with E-state index in [1.807, 2.05) is 29.2 Å². The van der Waals surface area contributed by atoms with Crippen LogP contribution < -0.4 is 5.73 Å².